The topological polar surface area (TPSA) is 55.5 Å². The molecule has 5 nitrogen and oxygen atoms in total. The number of nitrogens with zero attached hydrogens (tertiary/aromatic N) is 2. The minimum absolute atomic E-state index is 0.00262. The number of carbonyl (C=O) groups is 1. The van der Waals surface area contributed by atoms with E-state index in [-0.39, 0.29) is 17.4 Å². The van der Waals surface area contributed by atoms with Crippen LogP contribution in [0.3, 0.4) is 0 Å². The van der Waals surface area contributed by atoms with Crippen LogP contribution in [0.4, 0.5) is 0 Å². The molecule has 0 spiro atoms. The lowest BCUT2D eigenvalue weighted by molar-refractivity contribution is -0.128. The molecule has 2 atom stereocenters. The lowest BCUT2D eigenvalue weighted by Gasteiger charge is -2.42. The highest BCUT2D eigenvalue weighted by molar-refractivity contribution is 5.91. The molecule has 118 valence electrons. The fraction of sp³-hybridized carbons (Fsp3) is 0.333. The molecule has 2 aliphatic rings. The van der Waals surface area contributed by atoms with E-state index < -0.39 is 0 Å². The van der Waals surface area contributed by atoms with Crippen molar-refractivity contribution in [1.82, 2.24) is 9.47 Å². The summed E-state index contributed by atoms with van der Waals surface area (Å²) in [5.74, 6) is 1.27. The van der Waals surface area contributed by atoms with Crippen LogP contribution in [0.15, 0.2) is 51.9 Å². The first kappa shape index (κ1) is 14.1. The Morgan fingerprint density at radius 3 is 2.91 bits per heavy atom. The lowest BCUT2D eigenvalue weighted by atomic mass is 9.83. The molecule has 4 heterocycles. The molecule has 0 aromatic carbocycles. The fourth-order valence-electron chi connectivity index (χ4n) is 3.72. The third-order valence-corrected chi connectivity index (χ3v) is 4.72. The molecule has 1 amide bonds. The maximum atomic E-state index is 12.4. The third kappa shape index (κ3) is 2.63. The number of rotatable bonds is 2. The van der Waals surface area contributed by atoms with Gasteiger partial charge < -0.3 is 13.9 Å². The first-order chi connectivity index (χ1) is 11.2. The number of amides is 1. The van der Waals surface area contributed by atoms with Gasteiger partial charge in [-0.05, 0) is 36.6 Å². The van der Waals surface area contributed by atoms with Gasteiger partial charge in [0, 0.05) is 43.4 Å². The lowest BCUT2D eigenvalue weighted by Crippen LogP contribution is -2.48. The molecule has 5 heteroatoms. The van der Waals surface area contributed by atoms with Crippen LogP contribution in [0.25, 0.3) is 6.08 Å². The highest BCUT2D eigenvalue weighted by Crippen LogP contribution is 2.34. The van der Waals surface area contributed by atoms with E-state index in [0.29, 0.717) is 31.3 Å². The third-order valence-electron chi connectivity index (χ3n) is 4.72. The summed E-state index contributed by atoms with van der Waals surface area (Å²) in [6.07, 6.45) is 5.91. The summed E-state index contributed by atoms with van der Waals surface area (Å²) in [6, 6.07) is 9.04. The molecule has 2 aliphatic heterocycles. The molecule has 23 heavy (non-hydrogen) atoms. The molecule has 0 aliphatic carbocycles. The molecule has 4 rings (SSSR count). The van der Waals surface area contributed by atoms with Gasteiger partial charge in [0.25, 0.3) is 5.56 Å². The van der Waals surface area contributed by atoms with Crippen molar-refractivity contribution in [2.75, 3.05) is 13.1 Å². The Bertz CT molecular complexity index is 804. The van der Waals surface area contributed by atoms with Gasteiger partial charge in [0.2, 0.25) is 5.91 Å². The van der Waals surface area contributed by atoms with Crippen LogP contribution in [0.1, 0.15) is 23.8 Å². The number of piperidine rings is 1. The van der Waals surface area contributed by atoms with Gasteiger partial charge in [-0.15, -0.1) is 0 Å². The van der Waals surface area contributed by atoms with Crippen LogP contribution in [0, 0.1) is 5.92 Å². The van der Waals surface area contributed by atoms with E-state index in [1.54, 1.807) is 30.5 Å². The van der Waals surface area contributed by atoms with Gasteiger partial charge in [0.05, 0.1) is 6.26 Å². The summed E-state index contributed by atoms with van der Waals surface area (Å²) in [7, 11) is 0. The molecule has 0 N–H and O–H groups in total. The van der Waals surface area contributed by atoms with Gasteiger partial charge in [0.1, 0.15) is 5.76 Å². The van der Waals surface area contributed by atoms with Gasteiger partial charge in [-0.25, -0.2) is 0 Å². The average Bonchev–Trinajstić information content (AvgIpc) is 3.07. The van der Waals surface area contributed by atoms with Crippen molar-refractivity contribution in [2.24, 2.45) is 5.92 Å². The molecule has 2 aromatic rings. The Kier molecular flexibility index (Phi) is 3.41. The van der Waals surface area contributed by atoms with Crippen LogP contribution >= 0.6 is 0 Å². The summed E-state index contributed by atoms with van der Waals surface area (Å²) in [4.78, 5) is 26.3. The molecule has 1 saturated heterocycles. The molecule has 0 radical (unpaired) electrons. The van der Waals surface area contributed by atoms with Gasteiger partial charge in [-0.1, -0.05) is 6.07 Å². The Morgan fingerprint density at radius 2 is 2.09 bits per heavy atom. The molecule has 0 unspecified atom stereocenters. The second-order valence-corrected chi connectivity index (χ2v) is 6.29. The van der Waals surface area contributed by atoms with Gasteiger partial charge >= 0.3 is 0 Å². The molecule has 2 bridgehead atoms. The zero-order valence-electron chi connectivity index (χ0n) is 12.7. The second kappa shape index (κ2) is 5.57. The van der Waals surface area contributed by atoms with E-state index in [1.807, 2.05) is 27.7 Å². The van der Waals surface area contributed by atoms with E-state index in [0.717, 1.165) is 12.1 Å². The molecule has 0 saturated carbocycles. The minimum atomic E-state index is 0.00262. The number of hydrogen-bond acceptors (Lipinski definition) is 3. The van der Waals surface area contributed by atoms with Crippen LogP contribution in [0.5, 0.6) is 0 Å². The van der Waals surface area contributed by atoms with Crippen molar-refractivity contribution in [3.63, 3.8) is 0 Å². The average molecular weight is 310 g/mol. The monoisotopic (exact) mass is 310 g/mol. The Hall–Kier alpha value is -2.56. The number of hydrogen-bond donors (Lipinski definition) is 0. The van der Waals surface area contributed by atoms with Gasteiger partial charge in [0.15, 0.2) is 0 Å². The fourth-order valence-corrected chi connectivity index (χ4v) is 3.72. The Balaban J connectivity index is 1.54. The summed E-state index contributed by atoms with van der Waals surface area (Å²) >= 11 is 0. The number of aromatic nitrogens is 1. The summed E-state index contributed by atoms with van der Waals surface area (Å²) < 4.78 is 7.08. The van der Waals surface area contributed by atoms with Crippen molar-refractivity contribution in [3.8, 4) is 0 Å². The van der Waals surface area contributed by atoms with E-state index in [1.165, 1.54) is 0 Å². The standard InChI is InChI=1S/C18H18N2O3/c21-17(7-6-15-3-2-8-23-15)19-10-13-9-14(12-19)16-4-1-5-18(22)20(16)11-13/h1-8,13-14H,9-12H2/b7-6+/t13-,14+/m0/s1. The van der Waals surface area contributed by atoms with Crippen molar-refractivity contribution in [3.05, 3.63) is 64.5 Å². The highest BCUT2D eigenvalue weighted by Gasteiger charge is 2.35. The molecule has 1 fully saturated rings. The molecular formula is C18H18N2O3. The Labute approximate surface area is 133 Å². The summed E-state index contributed by atoms with van der Waals surface area (Å²) in [5.41, 5.74) is 1.12. The van der Waals surface area contributed by atoms with Gasteiger partial charge in [-0.3, -0.25) is 9.59 Å². The van der Waals surface area contributed by atoms with Crippen molar-refractivity contribution >= 4 is 12.0 Å². The quantitative estimate of drug-likeness (QED) is 0.798. The SMILES string of the molecule is O=C(/C=C/c1ccco1)N1C[C@@H]2C[C@H](C1)c1cccc(=O)n1C2. The predicted molar refractivity (Wildman–Crippen MR) is 85.9 cm³/mol. The van der Waals surface area contributed by atoms with E-state index in [4.69, 9.17) is 4.42 Å². The van der Waals surface area contributed by atoms with Crippen LogP contribution < -0.4 is 5.56 Å². The smallest absolute Gasteiger partial charge is 0.250 e. The number of likely N-dealkylation sites (tertiary alicyclic amines) is 1. The molecular weight excluding hydrogens is 292 g/mol. The number of fused-ring (bicyclic) bond motifs is 4. The second-order valence-electron chi connectivity index (χ2n) is 6.29. The number of pyridine rings is 1. The maximum Gasteiger partial charge on any atom is 0.250 e. The van der Waals surface area contributed by atoms with Crippen molar-refractivity contribution < 1.29 is 9.21 Å². The van der Waals surface area contributed by atoms with Gasteiger partial charge in [-0.2, -0.15) is 0 Å². The number of furan rings is 1. The van der Waals surface area contributed by atoms with Crippen LogP contribution in [-0.4, -0.2) is 28.5 Å². The van der Waals surface area contributed by atoms with Crippen molar-refractivity contribution in [1.29, 1.82) is 0 Å². The number of carbonyl (C=O) groups excluding carboxylic acids is 1. The first-order valence-corrected chi connectivity index (χ1v) is 7.91. The highest BCUT2D eigenvalue weighted by atomic mass is 16.3. The normalized spacial score (nSPS) is 23.0. The summed E-state index contributed by atoms with van der Waals surface area (Å²) in [5, 5.41) is 0. The van der Waals surface area contributed by atoms with E-state index >= 15 is 0 Å². The van der Waals surface area contributed by atoms with E-state index in [9.17, 15) is 9.59 Å². The largest absolute Gasteiger partial charge is 0.465 e. The molecule has 2 aromatic heterocycles. The van der Waals surface area contributed by atoms with Crippen LogP contribution in [0.2, 0.25) is 0 Å². The zero-order valence-corrected chi connectivity index (χ0v) is 12.7. The minimum Gasteiger partial charge on any atom is -0.465 e. The zero-order chi connectivity index (χ0) is 15.8. The predicted octanol–water partition coefficient (Wildman–Crippen LogP) is 2.10. The Morgan fingerprint density at radius 1 is 1.17 bits per heavy atom. The van der Waals surface area contributed by atoms with Crippen molar-refractivity contribution in [2.45, 2.75) is 18.9 Å². The van der Waals surface area contributed by atoms with E-state index in [2.05, 4.69) is 0 Å². The summed E-state index contributed by atoms with van der Waals surface area (Å²) in [6.45, 7) is 2.08. The maximum absolute atomic E-state index is 12.4. The van der Waals surface area contributed by atoms with Crippen LogP contribution in [-0.2, 0) is 11.3 Å². The first-order valence-electron chi connectivity index (χ1n) is 7.91.